The Hall–Kier alpha value is -2.60. The molecular formula is C20H18F3N3. The van der Waals surface area contributed by atoms with Crippen LogP contribution in [-0.4, -0.2) is 31.2 Å². The number of hydrogen-bond donors (Lipinski definition) is 1. The molecule has 0 amide bonds. The lowest BCUT2D eigenvalue weighted by Gasteiger charge is -2.31. The molecule has 0 bridgehead atoms. The van der Waals surface area contributed by atoms with Crippen LogP contribution in [0.15, 0.2) is 54.6 Å². The number of piperazine rings is 1. The maximum Gasteiger partial charge on any atom is 0.416 e. The zero-order valence-corrected chi connectivity index (χ0v) is 14.1. The molecule has 0 saturated carbocycles. The van der Waals surface area contributed by atoms with Gasteiger partial charge in [-0.15, -0.1) is 0 Å². The third-order valence-corrected chi connectivity index (χ3v) is 4.64. The summed E-state index contributed by atoms with van der Waals surface area (Å²) in [5.41, 5.74) is 2.46. The van der Waals surface area contributed by atoms with Crippen LogP contribution in [0.4, 0.5) is 18.9 Å². The van der Waals surface area contributed by atoms with E-state index in [1.807, 2.05) is 36.4 Å². The highest BCUT2D eigenvalue weighted by Crippen LogP contribution is 2.36. The molecule has 0 aliphatic carbocycles. The van der Waals surface area contributed by atoms with Crippen molar-refractivity contribution in [1.29, 1.82) is 0 Å². The predicted octanol–water partition coefficient (Wildman–Crippen LogP) is 4.33. The molecule has 1 aliphatic rings. The van der Waals surface area contributed by atoms with Gasteiger partial charge in [-0.2, -0.15) is 13.2 Å². The third kappa shape index (κ3) is 3.24. The summed E-state index contributed by atoms with van der Waals surface area (Å²) < 4.78 is 39.6. The molecule has 1 aromatic heterocycles. The number of halogens is 3. The summed E-state index contributed by atoms with van der Waals surface area (Å²) in [5, 5.41) is 3.82. The van der Waals surface area contributed by atoms with Gasteiger partial charge in [0.15, 0.2) is 0 Å². The molecule has 0 atom stereocenters. The molecule has 4 rings (SSSR count). The minimum atomic E-state index is -4.37. The van der Waals surface area contributed by atoms with Crippen molar-refractivity contribution in [1.82, 2.24) is 10.3 Å². The molecule has 2 heterocycles. The number of anilines is 1. The van der Waals surface area contributed by atoms with Crippen LogP contribution in [0.3, 0.4) is 0 Å². The SMILES string of the molecule is FC(F)(F)c1ccc2nc(-c3ccccc3)cc(N3CCNCC3)c2c1. The normalized spacial score (nSPS) is 15.4. The van der Waals surface area contributed by atoms with Crippen LogP contribution < -0.4 is 10.2 Å². The Morgan fingerprint density at radius 2 is 1.65 bits per heavy atom. The van der Waals surface area contributed by atoms with Gasteiger partial charge in [0.25, 0.3) is 0 Å². The Bertz CT molecular complexity index is 917. The average Bonchev–Trinajstić information content (AvgIpc) is 2.67. The van der Waals surface area contributed by atoms with Gasteiger partial charge in [-0.05, 0) is 24.3 Å². The Labute approximate surface area is 149 Å². The molecule has 6 heteroatoms. The highest BCUT2D eigenvalue weighted by atomic mass is 19.4. The Morgan fingerprint density at radius 3 is 2.35 bits per heavy atom. The van der Waals surface area contributed by atoms with Crippen molar-refractivity contribution in [3.8, 4) is 11.3 Å². The number of rotatable bonds is 2. The Kier molecular flexibility index (Phi) is 4.28. The number of alkyl halides is 3. The van der Waals surface area contributed by atoms with Gasteiger partial charge in [0.2, 0.25) is 0 Å². The first kappa shape index (κ1) is 16.8. The lowest BCUT2D eigenvalue weighted by atomic mass is 10.0. The van der Waals surface area contributed by atoms with E-state index in [1.165, 1.54) is 12.1 Å². The molecule has 26 heavy (non-hydrogen) atoms. The third-order valence-electron chi connectivity index (χ3n) is 4.64. The molecule has 3 aromatic rings. The van der Waals surface area contributed by atoms with E-state index in [4.69, 9.17) is 0 Å². The van der Waals surface area contributed by atoms with Gasteiger partial charge in [-0.3, -0.25) is 0 Å². The lowest BCUT2D eigenvalue weighted by Crippen LogP contribution is -2.43. The molecule has 1 saturated heterocycles. The van der Waals surface area contributed by atoms with Crippen LogP contribution in [0.1, 0.15) is 5.56 Å². The molecule has 1 aliphatic heterocycles. The van der Waals surface area contributed by atoms with Crippen molar-refractivity contribution in [3.63, 3.8) is 0 Å². The summed E-state index contributed by atoms with van der Waals surface area (Å²) in [6, 6.07) is 15.4. The fraction of sp³-hybridized carbons (Fsp3) is 0.250. The number of fused-ring (bicyclic) bond motifs is 1. The van der Waals surface area contributed by atoms with E-state index in [-0.39, 0.29) is 0 Å². The Morgan fingerprint density at radius 1 is 0.923 bits per heavy atom. The summed E-state index contributed by atoms with van der Waals surface area (Å²) in [5.74, 6) is 0. The van der Waals surface area contributed by atoms with Crippen molar-refractivity contribution in [3.05, 3.63) is 60.2 Å². The minimum absolute atomic E-state index is 0.543. The molecular weight excluding hydrogens is 339 g/mol. The lowest BCUT2D eigenvalue weighted by molar-refractivity contribution is -0.137. The van der Waals surface area contributed by atoms with Crippen LogP contribution in [0.5, 0.6) is 0 Å². The van der Waals surface area contributed by atoms with E-state index in [0.717, 1.165) is 49.2 Å². The molecule has 3 nitrogen and oxygen atoms in total. The predicted molar refractivity (Wildman–Crippen MR) is 97.3 cm³/mol. The van der Waals surface area contributed by atoms with Crippen LogP contribution in [-0.2, 0) is 6.18 Å². The van der Waals surface area contributed by atoms with Crippen molar-refractivity contribution < 1.29 is 13.2 Å². The minimum Gasteiger partial charge on any atom is -0.368 e. The van der Waals surface area contributed by atoms with Crippen molar-refractivity contribution in [2.24, 2.45) is 0 Å². The second-order valence-electron chi connectivity index (χ2n) is 6.36. The first-order valence-electron chi connectivity index (χ1n) is 8.55. The largest absolute Gasteiger partial charge is 0.416 e. The van der Waals surface area contributed by atoms with Crippen LogP contribution >= 0.6 is 0 Å². The van der Waals surface area contributed by atoms with Crippen LogP contribution in [0.25, 0.3) is 22.2 Å². The smallest absolute Gasteiger partial charge is 0.368 e. The first-order valence-corrected chi connectivity index (χ1v) is 8.55. The highest BCUT2D eigenvalue weighted by Gasteiger charge is 2.31. The quantitative estimate of drug-likeness (QED) is 0.740. The first-order chi connectivity index (χ1) is 12.5. The van der Waals surface area contributed by atoms with E-state index in [9.17, 15) is 13.2 Å². The van der Waals surface area contributed by atoms with Crippen molar-refractivity contribution in [2.45, 2.75) is 6.18 Å². The van der Waals surface area contributed by atoms with Gasteiger partial charge < -0.3 is 10.2 Å². The summed E-state index contributed by atoms with van der Waals surface area (Å²) in [4.78, 5) is 6.75. The average molecular weight is 357 g/mol. The number of nitrogens with zero attached hydrogens (tertiary/aromatic N) is 2. The number of benzene rings is 2. The zero-order chi connectivity index (χ0) is 18.1. The summed E-state index contributed by atoms with van der Waals surface area (Å²) >= 11 is 0. The van der Waals surface area contributed by atoms with E-state index in [1.54, 1.807) is 0 Å². The topological polar surface area (TPSA) is 28.2 Å². The standard InChI is InChI=1S/C20H18F3N3/c21-20(22,23)15-6-7-17-16(12-15)19(26-10-8-24-9-11-26)13-18(25-17)14-4-2-1-3-5-14/h1-7,12-13,24H,8-11H2. The van der Waals surface area contributed by atoms with Crippen molar-refractivity contribution in [2.75, 3.05) is 31.1 Å². The second kappa shape index (κ2) is 6.61. The van der Waals surface area contributed by atoms with E-state index < -0.39 is 11.7 Å². The fourth-order valence-electron chi connectivity index (χ4n) is 3.31. The molecule has 1 N–H and O–H groups in total. The molecule has 0 unspecified atom stereocenters. The van der Waals surface area contributed by atoms with Crippen LogP contribution in [0.2, 0.25) is 0 Å². The van der Waals surface area contributed by atoms with Crippen LogP contribution in [0, 0.1) is 0 Å². The fourth-order valence-corrected chi connectivity index (χ4v) is 3.31. The molecule has 1 fully saturated rings. The van der Waals surface area contributed by atoms with Gasteiger partial charge in [-0.25, -0.2) is 4.98 Å². The molecule has 0 spiro atoms. The van der Waals surface area contributed by atoms with Crippen molar-refractivity contribution >= 4 is 16.6 Å². The number of aromatic nitrogens is 1. The Balaban J connectivity index is 1.92. The number of nitrogens with one attached hydrogen (secondary N) is 1. The van der Waals surface area contributed by atoms with E-state index in [0.29, 0.717) is 10.9 Å². The second-order valence-corrected chi connectivity index (χ2v) is 6.36. The van der Waals surface area contributed by atoms with Gasteiger partial charge in [-0.1, -0.05) is 30.3 Å². The summed E-state index contributed by atoms with van der Waals surface area (Å²) in [6.07, 6.45) is -4.37. The van der Waals surface area contributed by atoms with E-state index in [2.05, 4.69) is 15.2 Å². The maximum absolute atomic E-state index is 13.2. The molecule has 0 radical (unpaired) electrons. The molecule has 134 valence electrons. The highest BCUT2D eigenvalue weighted by molar-refractivity contribution is 5.95. The number of pyridine rings is 1. The van der Waals surface area contributed by atoms with Gasteiger partial charge in [0.05, 0.1) is 16.8 Å². The van der Waals surface area contributed by atoms with Gasteiger partial charge >= 0.3 is 6.18 Å². The van der Waals surface area contributed by atoms with Gasteiger partial charge in [0, 0.05) is 42.8 Å². The van der Waals surface area contributed by atoms with E-state index >= 15 is 0 Å². The van der Waals surface area contributed by atoms with Gasteiger partial charge in [0.1, 0.15) is 0 Å². The number of hydrogen-bond acceptors (Lipinski definition) is 3. The zero-order valence-electron chi connectivity index (χ0n) is 14.1. The monoisotopic (exact) mass is 357 g/mol. The summed E-state index contributed by atoms with van der Waals surface area (Å²) in [7, 11) is 0. The maximum atomic E-state index is 13.2. The molecule has 2 aromatic carbocycles. The summed E-state index contributed by atoms with van der Waals surface area (Å²) in [6.45, 7) is 3.13.